The van der Waals surface area contributed by atoms with Gasteiger partial charge in [-0.15, -0.1) is 0 Å². The minimum atomic E-state index is 0.0983. The maximum atomic E-state index is 13.4. The fourth-order valence-corrected chi connectivity index (χ4v) is 3.73. The highest BCUT2D eigenvalue weighted by Gasteiger charge is 2.19. The quantitative estimate of drug-likeness (QED) is 0.470. The molecule has 152 valence electrons. The highest BCUT2D eigenvalue weighted by molar-refractivity contribution is 5.79. The average Bonchev–Trinajstić information content (AvgIpc) is 3.09. The van der Waals surface area contributed by atoms with E-state index in [1.54, 1.807) is 6.20 Å². The normalized spacial score (nSPS) is 11.0. The van der Waals surface area contributed by atoms with E-state index in [1.165, 1.54) is 0 Å². The van der Waals surface area contributed by atoms with Crippen molar-refractivity contribution >= 4 is 11.6 Å². The number of carbonyl (C=O) groups is 1. The summed E-state index contributed by atoms with van der Waals surface area (Å²) in [4.78, 5) is 24.4. The molecule has 0 unspecified atom stereocenters. The third-order valence-electron chi connectivity index (χ3n) is 5.40. The number of fused-ring (bicyclic) bond motifs is 1. The molecule has 5 nitrogen and oxygen atoms in total. The fourth-order valence-electron chi connectivity index (χ4n) is 3.73. The number of rotatable bonds is 7. The average molecular weight is 399 g/mol. The summed E-state index contributed by atoms with van der Waals surface area (Å²) in [5, 5.41) is 0. The maximum absolute atomic E-state index is 13.4. The summed E-state index contributed by atoms with van der Waals surface area (Å²) in [7, 11) is 0. The van der Waals surface area contributed by atoms with Gasteiger partial charge in [-0.3, -0.25) is 9.78 Å². The molecule has 0 spiro atoms. The van der Waals surface area contributed by atoms with Gasteiger partial charge in [-0.05, 0) is 43.2 Å². The van der Waals surface area contributed by atoms with Gasteiger partial charge in [0.05, 0.1) is 17.8 Å². The number of aromatic nitrogens is 3. The SMILES string of the molecule is Cc1nc2c(C)cccn2c1CC(=O)N(CCc1ccccn1)Cc1ccccc1. The molecule has 0 N–H and O–H groups in total. The number of amides is 1. The van der Waals surface area contributed by atoms with Crippen LogP contribution in [0.3, 0.4) is 0 Å². The van der Waals surface area contributed by atoms with Crippen LogP contribution < -0.4 is 0 Å². The molecule has 1 amide bonds. The first kappa shape index (κ1) is 19.8. The zero-order valence-electron chi connectivity index (χ0n) is 17.5. The Labute approximate surface area is 177 Å². The standard InChI is InChI=1S/C25H26N4O/c1-19-9-8-15-29-23(20(2)27-25(19)29)17-24(30)28(18-21-10-4-3-5-11-21)16-13-22-12-6-7-14-26-22/h3-12,14-15H,13,16-18H2,1-2H3. The predicted molar refractivity (Wildman–Crippen MR) is 118 cm³/mol. The molecule has 3 heterocycles. The van der Waals surface area contributed by atoms with Gasteiger partial charge in [0.25, 0.3) is 0 Å². The van der Waals surface area contributed by atoms with Crippen LogP contribution in [0.15, 0.2) is 73.1 Å². The number of nitrogens with zero attached hydrogens (tertiary/aromatic N) is 4. The van der Waals surface area contributed by atoms with E-state index >= 15 is 0 Å². The number of imidazole rings is 1. The van der Waals surface area contributed by atoms with Gasteiger partial charge in [0.2, 0.25) is 5.91 Å². The lowest BCUT2D eigenvalue weighted by Gasteiger charge is -2.23. The van der Waals surface area contributed by atoms with Crippen molar-refractivity contribution in [3.05, 3.63) is 101 Å². The Balaban J connectivity index is 1.57. The van der Waals surface area contributed by atoms with E-state index in [4.69, 9.17) is 0 Å². The van der Waals surface area contributed by atoms with Crippen LogP contribution in [-0.2, 0) is 24.2 Å². The molecule has 0 saturated heterocycles. The highest BCUT2D eigenvalue weighted by atomic mass is 16.2. The highest BCUT2D eigenvalue weighted by Crippen LogP contribution is 2.17. The van der Waals surface area contributed by atoms with Crippen LogP contribution >= 0.6 is 0 Å². The van der Waals surface area contributed by atoms with Crippen molar-refractivity contribution in [2.45, 2.75) is 33.2 Å². The molecular formula is C25H26N4O. The minimum absolute atomic E-state index is 0.0983. The van der Waals surface area contributed by atoms with Crippen LogP contribution in [0.4, 0.5) is 0 Å². The Morgan fingerprint density at radius 3 is 2.57 bits per heavy atom. The van der Waals surface area contributed by atoms with Crippen LogP contribution in [0.1, 0.15) is 28.2 Å². The second-order valence-electron chi connectivity index (χ2n) is 7.58. The molecule has 30 heavy (non-hydrogen) atoms. The first-order chi connectivity index (χ1) is 14.6. The molecule has 0 aliphatic rings. The lowest BCUT2D eigenvalue weighted by molar-refractivity contribution is -0.131. The molecule has 0 atom stereocenters. The summed E-state index contributed by atoms with van der Waals surface area (Å²) in [6, 6.07) is 20.1. The molecule has 4 rings (SSSR count). The zero-order chi connectivity index (χ0) is 20.9. The van der Waals surface area contributed by atoms with Crippen LogP contribution in [-0.4, -0.2) is 31.7 Å². The van der Waals surface area contributed by atoms with Crippen LogP contribution in [0, 0.1) is 13.8 Å². The Morgan fingerprint density at radius 1 is 1.00 bits per heavy atom. The Bertz CT molecular complexity index is 1140. The molecule has 0 radical (unpaired) electrons. The number of hydrogen-bond acceptors (Lipinski definition) is 3. The molecule has 0 aliphatic heterocycles. The van der Waals surface area contributed by atoms with E-state index < -0.39 is 0 Å². The van der Waals surface area contributed by atoms with Crippen molar-refractivity contribution in [1.29, 1.82) is 0 Å². The van der Waals surface area contributed by atoms with E-state index in [9.17, 15) is 4.79 Å². The van der Waals surface area contributed by atoms with Crippen molar-refractivity contribution in [2.24, 2.45) is 0 Å². The van der Waals surface area contributed by atoms with Gasteiger partial charge in [0.15, 0.2) is 0 Å². The van der Waals surface area contributed by atoms with Gasteiger partial charge in [0.1, 0.15) is 5.65 Å². The van der Waals surface area contributed by atoms with Gasteiger partial charge in [0, 0.05) is 37.6 Å². The number of hydrogen-bond donors (Lipinski definition) is 0. The van der Waals surface area contributed by atoms with Crippen molar-refractivity contribution in [2.75, 3.05) is 6.54 Å². The van der Waals surface area contributed by atoms with Gasteiger partial charge >= 0.3 is 0 Å². The van der Waals surface area contributed by atoms with Gasteiger partial charge in [-0.1, -0.05) is 42.5 Å². The van der Waals surface area contributed by atoms with Crippen molar-refractivity contribution in [3.8, 4) is 0 Å². The summed E-state index contributed by atoms with van der Waals surface area (Å²) in [5.74, 6) is 0.0983. The maximum Gasteiger partial charge on any atom is 0.228 e. The molecule has 3 aromatic heterocycles. The van der Waals surface area contributed by atoms with Crippen LogP contribution in [0.25, 0.3) is 5.65 Å². The third-order valence-corrected chi connectivity index (χ3v) is 5.40. The summed E-state index contributed by atoms with van der Waals surface area (Å²) >= 11 is 0. The van der Waals surface area contributed by atoms with E-state index in [1.807, 2.05) is 77.9 Å². The van der Waals surface area contributed by atoms with E-state index in [-0.39, 0.29) is 5.91 Å². The largest absolute Gasteiger partial charge is 0.338 e. The monoisotopic (exact) mass is 398 g/mol. The van der Waals surface area contributed by atoms with Gasteiger partial charge < -0.3 is 9.30 Å². The molecule has 1 aromatic carbocycles. The lowest BCUT2D eigenvalue weighted by Crippen LogP contribution is -2.34. The fraction of sp³-hybridized carbons (Fsp3) is 0.240. The number of benzene rings is 1. The first-order valence-corrected chi connectivity index (χ1v) is 10.3. The predicted octanol–water partition coefficient (Wildman–Crippen LogP) is 4.16. The Morgan fingerprint density at radius 2 is 1.80 bits per heavy atom. The molecule has 5 heteroatoms. The topological polar surface area (TPSA) is 50.5 Å². The first-order valence-electron chi connectivity index (χ1n) is 10.3. The van der Waals surface area contributed by atoms with Crippen molar-refractivity contribution in [3.63, 3.8) is 0 Å². The smallest absolute Gasteiger partial charge is 0.228 e. The molecule has 0 saturated carbocycles. The number of aryl methyl sites for hydroxylation is 2. The van der Waals surface area contributed by atoms with Crippen LogP contribution in [0.5, 0.6) is 0 Å². The minimum Gasteiger partial charge on any atom is -0.338 e. The number of carbonyl (C=O) groups excluding carboxylic acids is 1. The van der Waals surface area contributed by atoms with E-state index in [0.29, 0.717) is 19.5 Å². The molecule has 0 aliphatic carbocycles. The molecule has 0 fully saturated rings. The second-order valence-corrected chi connectivity index (χ2v) is 7.58. The molecule has 0 bridgehead atoms. The van der Waals surface area contributed by atoms with Gasteiger partial charge in [-0.2, -0.15) is 0 Å². The third kappa shape index (κ3) is 4.40. The molecular weight excluding hydrogens is 372 g/mol. The summed E-state index contributed by atoms with van der Waals surface area (Å²) < 4.78 is 2.04. The zero-order valence-corrected chi connectivity index (χ0v) is 17.5. The summed E-state index contributed by atoms with van der Waals surface area (Å²) in [6.45, 7) is 5.23. The Kier molecular flexibility index (Phi) is 5.89. The van der Waals surface area contributed by atoms with Gasteiger partial charge in [-0.25, -0.2) is 4.98 Å². The summed E-state index contributed by atoms with van der Waals surface area (Å²) in [6.07, 6.45) is 4.83. The lowest BCUT2D eigenvalue weighted by atomic mass is 10.1. The van der Waals surface area contributed by atoms with Crippen molar-refractivity contribution < 1.29 is 4.79 Å². The summed E-state index contributed by atoms with van der Waals surface area (Å²) in [5.41, 5.74) is 6.00. The Hall–Kier alpha value is -3.47. The number of pyridine rings is 2. The van der Waals surface area contributed by atoms with Crippen molar-refractivity contribution in [1.82, 2.24) is 19.3 Å². The molecule has 4 aromatic rings. The van der Waals surface area contributed by atoms with Crippen LogP contribution in [0.2, 0.25) is 0 Å². The van der Waals surface area contributed by atoms with E-state index in [2.05, 4.69) is 22.1 Å². The second kappa shape index (κ2) is 8.91. The van der Waals surface area contributed by atoms with E-state index in [0.717, 1.165) is 40.3 Å².